The first-order valence-corrected chi connectivity index (χ1v) is 13.3. The number of unbranched alkanes of at least 4 members (excludes halogenated alkanes) is 2. The lowest BCUT2D eigenvalue weighted by Gasteiger charge is -2.27. The van der Waals surface area contributed by atoms with Crippen molar-refractivity contribution in [2.45, 2.75) is 45.2 Å². The van der Waals surface area contributed by atoms with Gasteiger partial charge in [-0.05, 0) is 48.9 Å². The van der Waals surface area contributed by atoms with Crippen molar-refractivity contribution in [3.05, 3.63) is 78.0 Å². The van der Waals surface area contributed by atoms with Crippen LogP contribution in [0.15, 0.2) is 61.1 Å². The Bertz CT molecular complexity index is 1410. The number of ether oxygens (including phenoxy) is 2. The van der Waals surface area contributed by atoms with Gasteiger partial charge in [-0.2, -0.15) is 0 Å². The van der Waals surface area contributed by atoms with Crippen LogP contribution in [-0.4, -0.2) is 43.9 Å². The van der Waals surface area contributed by atoms with E-state index in [0.717, 1.165) is 47.8 Å². The highest BCUT2D eigenvalue weighted by Crippen LogP contribution is 2.35. The Kier molecular flexibility index (Phi) is 8.30. The second-order valence-corrected chi connectivity index (χ2v) is 9.45. The molecule has 0 aliphatic carbocycles. The monoisotopic (exact) mass is 527 g/mol. The Morgan fingerprint density at radius 2 is 2.08 bits per heavy atom. The van der Waals surface area contributed by atoms with Gasteiger partial charge < -0.3 is 24.7 Å². The van der Waals surface area contributed by atoms with Crippen molar-refractivity contribution in [1.29, 1.82) is 0 Å². The third-order valence-corrected chi connectivity index (χ3v) is 6.69. The molecule has 1 aliphatic rings. The number of anilines is 1. The molecule has 0 saturated heterocycles. The quantitative estimate of drug-likeness (QED) is 0.270. The van der Waals surface area contributed by atoms with E-state index in [1.54, 1.807) is 12.3 Å². The van der Waals surface area contributed by atoms with E-state index in [2.05, 4.69) is 37.7 Å². The number of hydrogen-bond donors (Lipinski definition) is 2. The molecule has 3 heterocycles. The Hall–Kier alpha value is -4.47. The number of carbonyl (C=O) groups is 1. The summed E-state index contributed by atoms with van der Waals surface area (Å²) in [6.07, 6.45) is 7.16. The maximum absolute atomic E-state index is 13.2. The zero-order chi connectivity index (χ0) is 27.0. The van der Waals surface area contributed by atoms with Crippen LogP contribution < -0.4 is 20.1 Å². The molecule has 0 spiro atoms. The van der Waals surface area contributed by atoms with Crippen molar-refractivity contribution < 1.29 is 14.3 Å². The summed E-state index contributed by atoms with van der Waals surface area (Å²) in [6, 6.07) is 14.9. The molecular formula is C29H33N7O3. The Morgan fingerprint density at radius 3 is 2.92 bits per heavy atom. The maximum Gasteiger partial charge on any atom is 0.251 e. The minimum Gasteiger partial charge on any atom is -0.494 e. The molecule has 2 aromatic carbocycles. The highest BCUT2D eigenvalue weighted by atomic mass is 16.5. The van der Waals surface area contributed by atoms with Crippen LogP contribution in [0.2, 0.25) is 0 Å². The molecule has 2 aromatic heterocycles. The number of fused-ring (bicyclic) bond motifs is 1. The third kappa shape index (κ3) is 6.34. The fraction of sp³-hybridized carbons (Fsp3) is 0.345. The van der Waals surface area contributed by atoms with Crippen molar-refractivity contribution in [3.63, 3.8) is 0 Å². The molecule has 1 aliphatic heterocycles. The van der Waals surface area contributed by atoms with Crippen molar-refractivity contribution in [2.75, 3.05) is 18.5 Å². The largest absolute Gasteiger partial charge is 0.494 e. The molecule has 2 N–H and O–H groups in total. The van der Waals surface area contributed by atoms with Crippen molar-refractivity contribution >= 4 is 11.6 Å². The van der Waals surface area contributed by atoms with Crippen LogP contribution in [0.3, 0.4) is 0 Å². The fourth-order valence-corrected chi connectivity index (χ4v) is 4.51. The van der Waals surface area contributed by atoms with Gasteiger partial charge in [-0.3, -0.25) is 4.79 Å². The fourth-order valence-electron chi connectivity index (χ4n) is 4.51. The van der Waals surface area contributed by atoms with Crippen LogP contribution in [0, 0.1) is 0 Å². The van der Waals surface area contributed by atoms with Crippen LogP contribution in [-0.2, 0) is 13.6 Å². The molecule has 0 unspecified atom stereocenters. The molecular weight excluding hydrogens is 494 g/mol. The summed E-state index contributed by atoms with van der Waals surface area (Å²) in [4.78, 5) is 21.4. The first-order valence-electron chi connectivity index (χ1n) is 13.3. The first-order chi connectivity index (χ1) is 19.1. The topological polar surface area (TPSA) is 116 Å². The Morgan fingerprint density at radius 1 is 1.15 bits per heavy atom. The molecule has 5 rings (SSSR count). The minimum atomic E-state index is -0.157. The van der Waals surface area contributed by atoms with Crippen LogP contribution in [0.1, 0.15) is 60.4 Å². The molecule has 1 atom stereocenters. The van der Waals surface area contributed by atoms with Crippen LogP contribution in [0.4, 0.5) is 5.69 Å². The smallest absolute Gasteiger partial charge is 0.251 e. The average Bonchev–Trinajstić information content (AvgIpc) is 3.35. The summed E-state index contributed by atoms with van der Waals surface area (Å²) in [5.74, 6) is 2.84. The summed E-state index contributed by atoms with van der Waals surface area (Å²) in [7, 11) is 1.89. The standard InChI is InChI=1S/C29H33N7O3/c1-3-4-5-14-38-22-9-10-26-23(17-22)24(12-15-39-26)33-29(37)20-7-6-8-21(16-20)31-18-27-34-35-28(36(27)2)25-11-13-30-19-32-25/h6-11,13,16-17,19,24,31H,3-5,12,14-15,18H2,1-2H3,(H,33,37)/t24-/m1/s1. The molecule has 0 radical (unpaired) electrons. The number of aromatic nitrogens is 5. The molecule has 10 nitrogen and oxygen atoms in total. The predicted molar refractivity (Wildman–Crippen MR) is 148 cm³/mol. The second kappa shape index (κ2) is 12.4. The average molecular weight is 528 g/mol. The zero-order valence-electron chi connectivity index (χ0n) is 22.3. The molecule has 4 aromatic rings. The van der Waals surface area contributed by atoms with Gasteiger partial charge in [0.25, 0.3) is 5.91 Å². The van der Waals surface area contributed by atoms with Gasteiger partial charge in [0.2, 0.25) is 0 Å². The molecule has 0 bridgehead atoms. The Balaban J connectivity index is 1.23. The van der Waals surface area contributed by atoms with E-state index in [0.29, 0.717) is 43.3 Å². The summed E-state index contributed by atoms with van der Waals surface area (Å²) >= 11 is 0. The molecule has 39 heavy (non-hydrogen) atoms. The predicted octanol–water partition coefficient (Wildman–Crippen LogP) is 4.71. The molecule has 202 valence electrons. The van der Waals surface area contributed by atoms with Gasteiger partial charge in [-0.1, -0.05) is 25.8 Å². The minimum absolute atomic E-state index is 0.143. The number of hydrogen-bond acceptors (Lipinski definition) is 8. The van der Waals surface area contributed by atoms with Crippen molar-refractivity contribution in [3.8, 4) is 23.0 Å². The lowest BCUT2D eigenvalue weighted by atomic mass is 9.99. The van der Waals surface area contributed by atoms with Gasteiger partial charge in [0.15, 0.2) is 11.6 Å². The van der Waals surface area contributed by atoms with E-state index < -0.39 is 0 Å². The van der Waals surface area contributed by atoms with Gasteiger partial charge in [-0.25, -0.2) is 9.97 Å². The highest BCUT2D eigenvalue weighted by Gasteiger charge is 2.24. The van der Waals surface area contributed by atoms with Crippen molar-refractivity contribution in [1.82, 2.24) is 30.0 Å². The van der Waals surface area contributed by atoms with Gasteiger partial charge >= 0.3 is 0 Å². The lowest BCUT2D eigenvalue weighted by molar-refractivity contribution is 0.0924. The summed E-state index contributed by atoms with van der Waals surface area (Å²) in [6.45, 7) is 3.84. The van der Waals surface area contributed by atoms with E-state index >= 15 is 0 Å². The van der Waals surface area contributed by atoms with E-state index in [1.165, 1.54) is 6.33 Å². The number of nitrogens with zero attached hydrogens (tertiary/aromatic N) is 5. The number of benzene rings is 2. The summed E-state index contributed by atoms with van der Waals surface area (Å²) in [5.41, 5.74) is 3.03. The normalized spacial score (nSPS) is 14.3. The first kappa shape index (κ1) is 26.1. The van der Waals surface area contributed by atoms with Crippen molar-refractivity contribution in [2.24, 2.45) is 7.05 Å². The van der Waals surface area contributed by atoms with E-state index in [9.17, 15) is 4.79 Å². The molecule has 1 amide bonds. The van der Waals surface area contributed by atoms with E-state index in [-0.39, 0.29) is 11.9 Å². The Labute approximate surface area is 227 Å². The van der Waals surface area contributed by atoms with E-state index in [1.807, 2.05) is 54.1 Å². The number of rotatable bonds is 11. The SMILES string of the molecule is CCCCCOc1ccc2c(c1)[C@H](NC(=O)c1cccc(NCc3nnc(-c4ccncn4)n3C)c1)CCO2. The van der Waals surface area contributed by atoms with Crippen LogP contribution >= 0.6 is 0 Å². The zero-order valence-corrected chi connectivity index (χ0v) is 22.3. The maximum atomic E-state index is 13.2. The van der Waals surface area contributed by atoms with Crippen LogP contribution in [0.5, 0.6) is 11.5 Å². The van der Waals surface area contributed by atoms with Gasteiger partial charge in [0.05, 0.1) is 25.8 Å². The lowest BCUT2D eigenvalue weighted by Crippen LogP contribution is -2.32. The number of amides is 1. The molecule has 0 saturated carbocycles. The van der Waals surface area contributed by atoms with Gasteiger partial charge in [-0.15, -0.1) is 10.2 Å². The van der Waals surface area contributed by atoms with Gasteiger partial charge in [0.1, 0.15) is 23.5 Å². The summed E-state index contributed by atoms with van der Waals surface area (Å²) in [5, 5.41) is 15.1. The second-order valence-electron chi connectivity index (χ2n) is 9.45. The van der Waals surface area contributed by atoms with E-state index in [4.69, 9.17) is 9.47 Å². The molecule has 0 fully saturated rings. The number of nitrogens with one attached hydrogen (secondary N) is 2. The third-order valence-electron chi connectivity index (χ3n) is 6.69. The van der Waals surface area contributed by atoms with Crippen LogP contribution in [0.25, 0.3) is 11.5 Å². The summed E-state index contributed by atoms with van der Waals surface area (Å²) < 4.78 is 13.7. The van der Waals surface area contributed by atoms with Gasteiger partial charge in [0, 0.05) is 36.5 Å². The number of carbonyl (C=O) groups excluding carboxylic acids is 1. The molecule has 10 heteroatoms. The highest BCUT2D eigenvalue weighted by molar-refractivity contribution is 5.95.